The van der Waals surface area contributed by atoms with Crippen LogP contribution in [0.2, 0.25) is 0 Å². The summed E-state index contributed by atoms with van der Waals surface area (Å²) in [6, 6.07) is 111. The van der Waals surface area contributed by atoms with Crippen molar-refractivity contribution in [3.63, 3.8) is 0 Å². The van der Waals surface area contributed by atoms with Crippen LogP contribution < -0.4 is 4.90 Å². The van der Waals surface area contributed by atoms with E-state index < -0.39 is 0 Å². The summed E-state index contributed by atoms with van der Waals surface area (Å²) in [7, 11) is 0. The van der Waals surface area contributed by atoms with Crippen molar-refractivity contribution < 1.29 is 4.42 Å². The Morgan fingerprint density at radius 1 is 0.247 bits per heavy atom. The normalized spacial score (nSPS) is 11.8. The van der Waals surface area contributed by atoms with Crippen molar-refractivity contribution >= 4 is 115 Å². The number of aromatic nitrogens is 4. The fourth-order valence-corrected chi connectivity index (χ4v) is 13.8. The van der Waals surface area contributed by atoms with Gasteiger partial charge < -0.3 is 13.9 Å². The molecule has 0 spiro atoms. The highest BCUT2D eigenvalue weighted by molar-refractivity contribution is 6.29. The highest BCUT2D eigenvalue weighted by Gasteiger charge is 2.23. The fraction of sp³-hybridized carbons (Fsp3) is 0. The van der Waals surface area contributed by atoms with Gasteiger partial charge in [-0.1, -0.05) is 231 Å². The van der Waals surface area contributed by atoms with Crippen LogP contribution in [0.1, 0.15) is 0 Å². The van der Waals surface area contributed by atoms with Crippen LogP contribution >= 0.6 is 0 Å². The minimum absolute atomic E-state index is 0.590. The minimum atomic E-state index is 0.590. The van der Waals surface area contributed by atoms with E-state index in [2.05, 4.69) is 258 Å². The topological polar surface area (TPSA) is 60.0 Å². The molecule has 0 saturated carbocycles. The van der Waals surface area contributed by atoms with Gasteiger partial charge in [-0.25, -0.2) is 15.0 Å². The molecule has 0 bridgehead atoms. The number of anilines is 3. The Hall–Kier alpha value is -12.0. The Balaban J connectivity index is 0.851. The van der Waals surface area contributed by atoms with Crippen LogP contribution in [0.5, 0.6) is 0 Å². The largest absolute Gasteiger partial charge is 0.456 e. The van der Waals surface area contributed by atoms with E-state index >= 15 is 0 Å². The Morgan fingerprint density at radius 2 is 0.697 bits per heavy atom. The van der Waals surface area contributed by atoms with Gasteiger partial charge in [0.2, 0.25) is 0 Å². The summed E-state index contributed by atoms with van der Waals surface area (Å²) in [5, 5.41) is 16.4. The van der Waals surface area contributed by atoms with E-state index in [1.165, 1.54) is 65.0 Å². The van der Waals surface area contributed by atoms with Crippen LogP contribution in [0.3, 0.4) is 0 Å². The lowest BCUT2D eigenvalue weighted by molar-refractivity contribution is 0.670. The maximum atomic E-state index is 7.06. The summed E-state index contributed by atoms with van der Waals surface area (Å²) >= 11 is 0. The predicted octanol–water partition coefficient (Wildman–Crippen LogP) is 22.4. The third-order valence-electron chi connectivity index (χ3n) is 17.9. The average molecular weight is 1130 g/mol. The minimum Gasteiger partial charge on any atom is -0.456 e. The predicted molar refractivity (Wildman–Crippen MR) is 371 cm³/mol. The van der Waals surface area contributed by atoms with E-state index in [4.69, 9.17) is 19.4 Å². The van der Waals surface area contributed by atoms with Gasteiger partial charge in [-0.3, -0.25) is 0 Å². The molecule has 6 nitrogen and oxygen atoms in total. The summed E-state index contributed by atoms with van der Waals surface area (Å²) in [4.78, 5) is 17.8. The number of hydrogen-bond acceptors (Lipinski definition) is 5. The molecule has 18 rings (SSSR count). The van der Waals surface area contributed by atoms with Gasteiger partial charge in [0.25, 0.3) is 0 Å². The van der Waals surface area contributed by atoms with E-state index in [-0.39, 0.29) is 0 Å². The van der Waals surface area contributed by atoms with Crippen molar-refractivity contribution in [3.8, 4) is 62.1 Å². The first-order chi connectivity index (χ1) is 44.1. The van der Waals surface area contributed by atoms with Crippen LogP contribution in [0, 0.1) is 0 Å². The molecule has 3 heterocycles. The first-order valence-electron chi connectivity index (χ1n) is 30.2. The molecule has 0 fully saturated rings. The van der Waals surface area contributed by atoms with Gasteiger partial charge in [-0.15, -0.1) is 0 Å². The standard InChI is InChI=1S/C83H51N5O/c1-4-20-52(21-5-1)53-38-41-61(42-39-53)87(80-64-32-12-10-26-58(64)44-59-27-11-13-33-65(59)80)62-30-18-28-56(45-62)57-40-43-76-72(47-57)73-49-75-74-48-70-68-36-16-14-34-66(68)67-35-15-17-37-69(67)71(70)50-78(74)89-79(75)51-77(73)88(76)63-31-19-29-60(46-63)83-85-81(54-22-6-2-7-23-54)84-82(86-83)55-24-8-3-9-25-55/h1-51H. The van der Waals surface area contributed by atoms with Gasteiger partial charge in [-0.2, -0.15) is 0 Å². The molecule has 0 radical (unpaired) electrons. The Bertz CT molecular complexity index is 5740. The lowest BCUT2D eigenvalue weighted by Crippen LogP contribution is -2.11. The Morgan fingerprint density at radius 3 is 1.33 bits per heavy atom. The van der Waals surface area contributed by atoms with Gasteiger partial charge in [0.1, 0.15) is 11.2 Å². The summed E-state index contributed by atoms with van der Waals surface area (Å²) in [5.41, 5.74) is 15.2. The summed E-state index contributed by atoms with van der Waals surface area (Å²) in [6.07, 6.45) is 0. The Labute approximate surface area is 512 Å². The van der Waals surface area contributed by atoms with Crippen molar-refractivity contribution in [2.75, 3.05) is 4.90 Å². The van der Waals surface area contributed by atoms with E-state index in [1.807, 2.05) is 60.7 Å². The second-order valence-electron chi connectivity index (χ2n) is 23.1. The van der Waals surface area contributed by atoms with Crippen molar-refractivity contribution in [2.24, 2.45) is 0 Å². The second-order valence-corrected chi connectivity index (χ2v) is 23.1. The molecule has 0 aliphatic rings. The van der Waals surface area contributed by atoms with E-state index in [0.717, 1.165) is 94.3 Å². The molecule has 15 aromatic carbocycles. The zero-order valence-corrected chi connectivity index (χ0v) is 48.1. The third kappa shape index (κ3) is 8.37. The lowest BCUT2D eigenvalue weighted by atomic mass is 9.93. The van der Waals surface area contributed by atoms with Crippen molar-refractivity contribution in [3.05, 3.63) is 309 Å². The monoisotopic (exact) mass is 1130 g/mol. The molecule has 0 atom stereocenters. The van der Waals surface area contributed by atoms with Gasteiger partial charge in [0.15, 0.2) is 17.5 Å². The molecule has 0 amide bonds. The van der Waals surface area contributed by atoms with Crippen LogP contribution in [-0.4, -0.2) is 19.5 Å². The van der Waals surface area contributed by atoms with Gasteiger partial charge in [-0.05, 0) is 138 Å². The average Bonchev–Trinajstić information content (AvgIpc) is 1.95. The smallest absolute Gasteiger partial charge is 0.164 e. The molecule has 414 valence electrons. The zero-order valence-electron chi connectivity index (χ0n) is 48.1. The molecule has 3 aromatic heterocycles. The lowest BCUT2D eigenvalue weighted by Gasteiger charge is -2.29. The number of fused-ring (bicyclic) bond motifs is 14. The SMILES string of the molecule is c1ccc(-c2ccc(N(c3cccc(-c4ccc5c(c4)c4cc6c(cc4n5-c4cccc(-c5nc(-c7ccccc7)nc(-c7ccccc7)n5)c4)oc4cc5c7ccccc7c7ccccc7c5cc46)c3)c3c4ccccc4cc4ccccc34)cc2)cc1. The summed E-state index contributed by atoms with van der Waals surface area (Å²) in [6.45, 7) is 0. The second kappa shape index (κ2) is 20.3. The molecule has 0 aliphatic carbocycles. The first-order valence-corrected chi connectivity index (χ1v) is 30.2. The van der Waals surface area contributed by atoms with Crippen molar-refractivity contribution in [1.29, 1.82) is 0 Å². The maximum absolute atomic E-state index is 7.06. The van der Waals surface area contributed by atoms with Crippen LogP contribution in [0.25, 0.3) is 160 Å². The third-order valence-corrected chi connectivity index (χ3v) is 17.9. The number of rotatable bonds is 9. The zero-order chi connectivity index (χ0) is 58.5. The maximum Gasteiger partial charge on any atom is 0.164 e. The van der Waals surface area contributed by atoms with Gasteiger partial charge in [0, 0.05) is 72.1 Å². The number of benzene rings is 15. The highest BCUT2D eigenvalue weighted by atomic mass is 16.3. The molecule has 18 aromatic rings. The molecular weight excluding hydrogens is 1080 g/mol. The van der Waals surface area contributed by atoms with Crippen LogP contribution in [0.4, 0.5) is 17.1 Å². The van der Waals surface area contributed by atoms with Crippen molar-refractivity contribution in [2.45, 2.75) is 0 Å². The quantitative estimate of drug-likeness (QED) is 0.106. The molecule has 6 heteroatoms. The highest BCUT2D eigenvalue weighted by Crippen LogP contribution is 2.47. The molecule has 0 aliphatic heterocycles. The van der Waals surface area contributed by atoms with E-state index in [9.17, 15) is 0 Å². The first kappa shape index (κ1) is 50.3. The molecule has 0 N–H and O–H groups in total. The fourth-order valence-electron chi connectivity index (χ4n) is 13.8. The molecular formula is C83H51N5O. The Kier molecular flexibility index (Phi) is 11.5. The molecule has 0 unspecified atom stereocenters. The number of furan rings is 1. The van der Waals surface area contributed by atoms with Gasteiger partial charge >= 0.3 is 0 Å². The number of hydrogen-bond donors (Lipinski definition) is 0. The van der Waals surface area contributed by atoms with Gasteiger partial charge in [0.05, 0.1) is 16.7 Å². The van der Waals surface area contributed by atoms with E-state index in [0.29, 0.717) is 17.5 Å². The van der Waals surface area contributed by atoms with E-state index in [1.54, 1.807) is 0 Å². The van der Waals surface area contributed by atoms with Crippen molar-refractivity contribution in [1.82, 2.24) is 19.5 Å². The summed E-state index contributed by atoms with van der Waals surface area (Å²) in [5.74, 6) is 1.82. The van der Waals surface area contributed by atoms with Crippen LogP contribution in [0.15, 0.2) is 314 Å². The molecule has 89 heavy (non-hydrogen) atoms. The van der Waals surface area contributed by atoms with Crippen LogP contribution in [-0.2, 0) is 0 Å². The summed E-state index contributed by atoms with van der Waals surface area (Å²) < 4.78 is 9.44. The number of nitrogens with zero attached hydrogens (tertiary/aromatic N) is 5. The molecule has 0 saturated heterocycles.